The van der Waals surface area contributed by atoms with E-state index in [4.69, 9.17) is 0 Å². The fraction of sp³-hybridized carbons (Fsp3) is 0.161. The molecule has 4 aromatic rings. The maximum Gasteiger partial charge on any atom is 0.347 e. The minimum Gasteiger partial charge on any atom is -0.211 e. The van der Waals surface area contributed by atoms with Crippen LogP contribution in [0.5, 0.6) is 0 Å². The normalized spacial score (nSPS) is 18.5. The Morgan fingerprint density at radius 2 is 1.00 bits per heavy atom. The highest BCUT2D eigenvalue weighted by Crippen LogP contribution is 2.51. The molecule has 6 nitrogen and oxygen atoms in total. The van der Waals surface area contributed by atoms with Crippen molar-refractivity contribution in [2.24, 2.45) is 0 Å². The monoisotopic (exact) mass is 648 g/mol. The van der Waals surface area contributed by atoms with Gasteiger partial charge in [0.2, 0.25) is 20.0 Å². The van der Waals surface area contributed by atoms with E-state index >= 15 is 0 Å². The van der Waals surface area contributed by atoms with Gasteiger partial charge in [0.1, 0.15) is 0 Å². The second-order valence-electron chi connectivity index (χ2n) is 10.2. The lowest BCUT2D eigenvalue weighted by Gasteiger charge is -2.30. The van der Waals surface area contributed by atoms with Crippen LogP contribution in [0.4, 0.5) is 0 Å². The fourth-order valence-corrected chi connectivity index (χ4v) is 9.24. The Morgan fingerprint density at radius 3 is 1.32 bits per heavy atom. The highest BCUT2D eigenvalue weighted by molar-refractivity contribution is 9.11. The molecule has 41 heavy (non-hydrogen) atoms. The summed E-state index contributed by atoms with van der Waals surface area (Å²) >= 11 is 3.42. The molecule has 2 atom stereocenters. The molecule has 10 heteroatoms. The molecular weight excluding hydrogens is 619 g/mol. The molecule has 1 aliphatic heterocycles. The molecule has 4 aromatic carbocycles. The first kappa shape index (κ1) is 29.5. The van der Waals surface area contributed by atoms with Gasteiger partial charge >= 0.3 is 6.98 Å². The number of allylic oxidation sites excluding steroid dienone is 1. The first-order chi connectivity index (χ1) is 19.5. The van der Waals surface area contributed by atoms with Gasteiger partial charge in [0, 0.05) is 0 Å². The van der Waals surface area contributed by atoms with E-state index in [9.17, 15) is 16.8 Å². The maximum atomic E-state index is 14.6. The summed E-state index contributed by atoms with van der Waals surface area (Å²) in [6.07, 6.45) is 0.0445. The Labute approximate surface area is 251 Å². The molecule has 0 amide bonds. The molecule has 0 saturated carbocycles. The summed E-state index contributed by atoms with van der Waals surface area (Å²) in [4.78, 5) is 0.186. The van der Waals surface area contributed by atoms with Crippen molar-refractivity contribution in [3.63, 3.8) is 0 Å². The van der Waals surface area contributed by atoms with Gasteiger partial charge in [-0.1, -0.05) is 119 Å². The number of nitrogens with zero attached hydrogens (tertiary/aromatic N) is 2. The molecule has 1 aliphatic rings. The molecule has 0 spiro atoms. The van der Waals surface area contributed by atoms with Crippen LogP contribution in [0.1, 0.15) is 34.3 Å². The van der Waals surface area contributed by atoms with Crippen LogP contribution < -0.4 is 0 Å². The topological polar surface area (TPSA) is 74.8 Å². The van der Waals surface area contributed by atoms with E-state index in [0.717, 1.165) is 11.1 Å². The van der Waals surface area contributed by atoms with E-state index in [0.29, 0.717) is 15.6 Å². The zero-order chi connectivity index (χ0) is 29.4. The van der Waals surface area contributed by atoms with Gasteiger partial charge in [-0.25, -0.2) is 25.3 Å². The van der Waals surface area contributed by atoms with Crippen LogP contribution in [0.15, 0.2) is 130 Å². The number of sulfonamides is 2. The Bertz CT molecular complexity index is 1630. The molecule has 0 bridgehead atoms. The molecule has 0 unspecified atom stereocenters. The van der Waals surface area contributed by atoms with Gasteiger partial charge < -0.3 is 0 Å². The lowest BCUT2D eigenvalue weighted by molar-refractivity contribution is 0.377. The van der Waals surface area contributed by atoms with Crippen molar-refractivity contribution in [2.45, 2.75) is 42.0 Å². The van der Waals surface area contributed by atoms with Crippen LogP contribution in [0, 0.1) is 13.8 Å². The van der Waals surface area contributed by atoms with Crippen LogP contribution in [-0.2, 0) is 20.0 Å². The number of hydrogen-bond donors (Lipinski definition) is 0. The van der Waals surface area contributed by atoms with Crippen molar-refractivity contribution in [1.29, 1.82) is 0 Å². The van der Waals surface area contributed by atoms with Gasteiger partial charge in [-0.05, 0) is 60.0 Å². The highest BCUT2D eigenvalue weighted by Gasteiger charge is 2.60. The van der Waals surface area contributed by atoms with E-state index < -0.39 is 39.1 Å². The number of hydrogen-bond acceptors (Lipinski definition) is 4. The molecule has 210 valence electrons. The number of aryl methyl sites for hydroxylation is 2. The molecule has 1 fully saturated rings. The van der Waals surface area contributed by atoms with Crippen LogP contribution >= 0.6 is 15.9 Å². The van der Waals surface area contributed by atoms with E-state index in [2.05, 4.69) is 22.5 Å². The Kier molecular flexibility index (Phi) is 8.41. The molecular formula is C31H30BBrN2O4S2. The van der Waals surface area contributed by atoms with Gasteiger partial charge in [-0.2, -0.15) is 0 Å². The molecule has 1 saturated heterocycles. The van der Waals surface area contributed by atoms with Gasteiger partial charge in [-0.15, -0.1) is 0 Å². The molecule has 0 aliphatic carbocycles. The Hall–Kier alpha value is -3.02. The van der Waals surface area contributed by atoms with Crippen molar-refractivity contribution < 1.29 is 16.8 Å². The third-order valence-electron chi connectivity index (χ3n) is 7.31. The number of benzene rings is 4. The van der Waals surface area contributed by atoms with Gasteiger partial charge in [0.15, 0.2) is 0 Å². The zero-order valence-electron chi connectivity index (χ0n) is 22.8. The summed E-state index contributed by atoms with van der Waals surface area (Å²) in [5.74, 6) is 0. The van der Waals surface area contributed by atoms with Crippen molar-refractivity contribution in [3.8, 4) is 0 Å². The van der Waals surface area contributed by atoms with Crippen LogP contribution in [0.2, 0.25) is 6.32 Å². The Morgan fingerprint density at radius 1 is 0.659 bits per heavy atom. The largest absolute Gasteiger partial charge is 0.347 e. The first-order valence-electron chi connectivity index (χ1n) is 13.2. The second-order valence-corrected chi connectivity index (χ2v) is 15.0. The van der Waals surface area contributed by atoms with E-state index in [1.165, 1.54) is 8.43 Å². The minimum atomic E-state index is -4.21. The predicted octanol–water partition coefficient (Wildman–Crippen LogP) is 6.88. The quantitative estimate of drug-likeness (QED) is 0.195. The summed E-state index contributed by atoms with van der Waals surface area (Å²) in [7, 11) is -8.41. The summed E-state index contributed by atoms with van der Waals surface area (Å²) < 4.78 is 61.7. The molecule has 0 radical (unpaired) electrons. The summed E-state index contributed by atoms with van der Waals surface area (Å²) in [5.41, 5.74) is 3.20. The van der Waals surface area contributed by atoms with E-state index in [1.54, 1.807) is 48.5 Å². The van der Waals surface area contributed by atoms with Crippen molar-refractivity contribution in [2.75, 3.05) is 0 Å². The summed E-state index contributed by atoms with van der Waals surface area (Å²) in [5, 5.41) is 0. The standard InChI is InChI=1S/C31H30BBrN2O4S2/c1-23-14-18-28(19-15-23)40(36,37)34-30(26-10-6-4-7-11-26)31(27-12-8-5-9-13-27)35(32(34)22-25(3)33)41(38,39)29-20-16-24(2)17-21-29/h4-21,30-31H,3,22H2,1-2H3/t30-,31-/m0/s1. The zero-order valence-corrected chi connectivity index (χ0v) is 26.0. The van der Waals surface area contributed by atoms with Crippen LogP contribution in [0.3, 0.4) is 0 Å². The Balaban J connectivity index is 1.84. The summed E-state index contributed by atoms with van der Waals surface area (Å²) in [6, 6.07) is 30.0. The second kappa shape index (κ2) is 11.7. The van der Waals surface area contributed by atoms with Gasteiger partial charge in [0.25, 0.3) is 0 Å². The number of halogens is 1. The average molecular weight is 649 g/mol. The van der Waals surface area contributed by atoms with Gasteiger partial charge in [-0.3, -0.25) is 0 Å². The third kappa shape index (κ3) is 5.72. The molecule has 0 aromatic heterocycles. The fourth-order valence-electron chi connectivity index (χ4n) is 5.38. The lowest BCUT2D eigenvalue weighted by Crippen LogP contribution is -2.49. The minimum absolute atomic E-state index is 0.0445. The predicted molar refractivity (Wildman–Crippen MR) is 167 cm³/mol. The molecule has 5 rings (SSSR count). The van der Waals surface area contributed by atoms with Crippen molar-refractivity contribution >= 4 is 43.0 Å². The maximum absolute atomic E-state index is 14.6. The first-order valence-corrected chi connectivity index (χ1v) is 16.8. The molecule has 0 N–H and O–H groups in total. The van der Waals surface area contributed by atoms with Crippen LogP contribution in [-0.4, -0.2) is 32.3 Å². The van der Waals surface area contributed by atoms with Crippen molar-refractivity contribution in [3.05, 3.63) is 143 Å². The SMILES string of the molecule is C=C(Br)CB1N(S(=O)(=O)c2ccc(C)cc2)[C@@H](c2ccccc2)[C@H](c2ccccc2)N1S(=O)(=O)c1ccc(C)cc1. The third-order valence-corrected chi connectivity index (χ3v) is 11.4. The average Bonchev–Trinajstić information content (AvgIpc) is 3.30. The van der Waals surface area contributed by atoms with E-state index in [-0.39, 0.29) is 16.1 Å². The van der Waals surface area contributed by atoms with Crippen molar-refractivity contribution in [1.82, 2.24) is 8.43 Å². The van der Waals surface area contributed by atoms with Gasteiger partial charge in [0.05, 0.1) is 21.9 Å². The summed E-state index contributed by atoms with van der Waals surface area (Å²) in [6.45, 7) is 6.66. The highest BCUT2D eigenvalue weighted by atomic mass is 79.9. The lowest BCUT2D eigenvalue weighted by atomic mass is 9.73. The van der Waals surface area contributed by atoms with Crippen LogP contribution in [0.25, 0.3) is 0 Å². The number of rotatable bonds is 8. The smallest absolute Gasteiger partial charge is 0.211 e. The van der Waals surface area contributed by atoms with E-state index in [1.807, 2.05) is 74.5 Å². The molecule has 1 heterocycles.